The Morgan fingerprint density at radius 2 is 2.04 bits per heavy atom. The minimum absolute atomic E-state index is 0.213. The van der Waals surface area contributed by atoms with E-state index in [1.165, 1.54) is 15.4 Å². The first-order chi connectivity index (χ1) is 12.0. The Morgan fingerprint density at radius 3 is 2.80 bits per heavy atom. The number of benzene rings is 1. The maximum Gasteiger partial charge on any atom is 0.231 e. The molecule has 0 fully saturated rings. The normalized spacial score (nSPS) is 13.4. The van der Waals surface area contributed by atoms with E-state index < -0.39 is 10.0 Å². The summed E-state index contributed by atoms with van der Waals surface area (Å²) in [5, 5.41) is 2.03. The van der Waals surface area contributed by atoms with Gasteiger partial charge in [0.1, 0.15) is 12.4 Å². The SMILES string of the molecule is CS(=O)(=O)N(CCCc1cccs1)CCOc1ccc2c(c1)OCO2. The third-order valence-electron chi connectivity index (χ3n) is 3.83. The number of rotatable bonds is 9. The number of hydrogen-bond acceptors (Lipinski definition) is 6. The van der Waals surface area contributed by atoms with Gasteiger partial charge in [0.05, 0.1) is 6.26 Å². The predicted molar refractivity (Wildman–Crippen MR) is 97.1 cm³/mol. The summed E-state index contributed by atoms with van der Waals surface area (Å²) in [4.78, 5) is 1.27. The Kier molecular flexibility index (Phi) is 5.82. The van der Waals surface area contributed by atoms with Gasteiger partial charge in [-0.15, -0.1) is 11.3 Å². The summed E-state index contributed by atoms with van der Waals surface area (Å²) < 4.78 is 41.6. The summed E-state index contributed by atoms with van der Waals surface area (Å²) in [5.74, 6) is 1.98. The molecule has 1 aliphatic heterocycles. The van der Waals surface area contributed by atoms with Crippen molar-refractivity contribution >= 4 is 21.4 Å². The zero-order valence-electron chi connectivity index (χ0n) is 14.0. The van der Waals surface area contributed by atoms with Crippen molar-refractivity contribution in [2.24, 2.45) is 0 Å². The second kappa shape index (κ2) is 8.07. The van der Waals surface area contributed by atoms with Crippen LogP contribution in [0.2, 0.25) is 0 Å². The largest absolute Gasteiger partial charge is 0.492 e. The lowest BCUT2D eigenvalue weighted by Gasteiger charge is -2.20. The molecular formula is C17H21NO5S2. The van der Waals surface area contributed by atoms with Crippen molar-refractivity contribution in [1.29, 1.82) is 0 Å². The summed E-state index contributed by atoms with van der Waals surface area (Å²) >= 11 is 1.69. The van der Waals surface area contributed by atoms with Crippen molar-refractivity contribution in [1.82, 2.24) is 4.31 Å². The first-order valence-electron chi connectivity index (χ1n) is 8.02. The second-order valence-corrected chi connectivity index (χ2v) is 8.72. The fourth-order valence-electron chi connectivity index (χ4n) is 2.56. The molecule has 0 N–H and O–H groups in total. The molecule has 2 heterocycles. The van der Waals surface area contributed by atoms with Crippen LogP contribution >= 0.6 is 11.3 Å². The molecule has 0 radical (unpaired) electrons. The van der Waals surface area contributed by atoms with Gasteiger partial charge >= 0.3 is 0 Å². The van der Waals surface area contributed by atoms with Crippen LogP contribution in [0.4, 0.5) is 0 Å². The molecule has 6 nitrogen and oxygen atoms in total. The van der Waals surface area contributed by atoms with Gasteiger partial charge < -0.3 is 14.2 Å². The van der Waals surface area contributed by atoms with Crippen molar-refractivity contribution in [3.63, 3.8) is 0 Å². The zero-order valence-corrected chi connectivity index (χ0v) is 15.6. The third kappa shape index (κ3) is 5.10. The lowest BCUT2D eigenvalue weighted by Crippen LogP contribution is -2.34. The van der Waals surface area contributed by atoms with E-state index in [-0.39, 0.29) is 13.4 Å². The van der Waals surface area contributed by atoms with E-state index in [0.29, 0.717) is 30.3 Å². The molecule has 2 aromatic rings. The zero-order chi connectivity index (χ0) is 17.7. The molecule has 0 amide bonds. The summed E-state index contributed by atoms with van der Waals surface area (Å²) in [5.41, 5.74) is 0. The van der Waals surface area contributed by atoms with Crippen molar-refractivity contribution in [3.8, 4) is 17.2 Å². The Bertz CT molecular complexity index is 789. The molecule has 0 atom stereocenters. The summed E-state index contributed by atoms with van der Waals surface area (Å²) in [6.45, 7) is 1.30. The molecule has 0 saturated carbocycles. The number of fused-ring (bicyclic) bond motifs is 1. The van der Waals surface area contributed by atoms with Gasteiger partial charge in [-0.2, -0.15) is 4.31 Å². The van der Waals surface area contributed by atoms with Crippen LogP contribution in [-0.2, 0) is 16.4 Å². The van der Waals surface area contributed by atoms with E-state index in [1.807, 2.05) is 11.4 Å². The fraction of sp³-hybridized carbons (Fsp3) is 0.412. The van der Waals surface area contributed by atoms with Crippen LogP contribution in [0, 0.1) is 0 Å². The quantitative estimate of drug-likeness (QED) is 0.666. The summed E-state index contributed by atoms with van der Waals surface area (Å²) in [6.07, 6.45) is 2.91. The maximum absolute atomic E-state index is 12.0. The van der Waals surface area contributed by atoms with E-state index in [1.54, 1.807) is 29.5 Å². The minimum atomic E-state index is -3.26. The molecule has 1 aromatic heterocycles. The number of aryl methyl sites for hydroxylation is 1. The van der Waals surface area contributed by atoms with Crippen molar-refractivity contribution < 1.29 is 22.6 Å². The van der Waals surface area contributed by atoms with Gasteiger partial charge in [-0.05, 0) is 36.4 Å². The molecule has 0 unspecified atom stereocenters. The molecule has 3 rings (SSSR count). The minimum Gasteiger partial charge on any atom is -0.492 e. The molecule has 1 aliphatic rings. The van der Waals surface area contributed by atoms with Crippen LogP contribution in [-0.4, -0.2) is 45.5 Å². The van der Waals surface area contributed by atoms with Crippen LogP contribution in [0.15, 0.2) is 35.7 Å². The van der Waals surface area contributed by atoms with E-state index in [0.717, 1.165) is 12.8 Å². The molecule has 8 heteroatoms. The Labute approximate surface area is 152 Å². The molecule has 0 spiro atoms. The average molecular weight is 383 g/mol. The van der Waals surface area contributed by atoms with Gasteiger partial charge in [0.2, 0.25) is 16.8 Å². The van der Waals surface area contributed by atoms with Gasteiger partial charge in [-0.1, -0.05) is 6.07 Å². The first kappa shape index (κ1) is 18.0. The predicted octanol–water partition coefficient (Wildman–Crippen LogP) is 2.75. The highest BCUT2D eigenvalue weighted by atomic mass is 32.2. The molecule has 25 heavy (non-hydrogen) atoms. The third-order valence-corrected chi connectivity index (χ3v) is 6.07. The number of hydrogen-bond donors (Lipinski definition) is 0. The first-order valence-corrected chi connectivity index (χ1v) is 10.7. The topological polar surface area (TPSA) is 65.1 Å². The average Bonchev–Trinajstić information content (AvgIpc) is 3.23. The fourth-order valence-corrected chi connectivity index (χ4v) is 4.18. The van der Waals surface area contributed by atoms with E-state index in [9.17, 15) is 8.42 Å². The lowest BCUT2D eigenvalue weighted by molar-refractivity contribution is 0.173. The molecule has 0 aliphatic carbocycles. The van der Waals surface area contributed by atoms with Gasteiger partial charge in [0.25, 0.3) is 0 Å². The van der Waals surface area contributed by atoms with E-state index >= 15 is 0 Å². The molecule has 136 valence electrons. The highest BCUT2D eigenvalue weighted by Gasteiger charge is 2.17. The Hall–Kier alpha value is -1.77. The van der Waals surface area contributed by atoms with Crippen LogP contribution < -0.4 is 14.2 Å². The van der Waals surface area contributed by atoms with Crippen LogP contribution in [0.5, 0.6) is 17.2 Å². The number of thiophene rings is 1. The van der Waals surface area contributed by atoms with Gasteiger partial charge in [0.15, 0.2) is 11.5 Å². The summed E-state index contributed by atoms with van der Waals surface area (Å²) in [7, 11) is -3.26. The van der Waals surface area contributed by atoms with Crippen LogP contribution in [0.1, 0.15) is 11.3 Å². The van der Waals surface area contributed by atoms with Gasteiger partial charge in [0, 0.05) is 24.0 Å². The highest BCUT2D eigenvalue weighted by Crippen LogP contribution is 2.35. The van der Waals surface area contributed by atoms with Crippen molar-refractivity contribution in [3.05, 3.63) is 40.6 Å². The molecular weight excluding hydrogens is 362 g/mol. The van der Waals surface area contributed by atoms with Crippen LogP contribution in [0.3, 0.4) is 0 Å². The monoisotopic (exact) mass is 383 g/mol. The Morgan fingerprint density at radius 1 is 1.20 bits per heavy atom. The number of nitrogens with zero attached hydrogens (tertiary/aromatic N) is 1. The van der Waals surface area contributed by atoms with E-state index in [4.69, 9.17) is 14.2 Å². The maximum atomic E-state index is 12.0. The number of ether oxygens (including phenoxy) is 3. The number of sulfonamides is 1. The lowest BCUT2D eigenvalue weighted by atomic mass is 10.2. The molecule has 0 bridgehead atoms. The van der Waals surface area contributed by atoms with Gasteiger partial charge in [-0.25, -0.2) is 8.42 Å². The standard InChI is InChI=1S/C17H21NO5S2/c1-25(19,20)18(8-2-4-15-5-3-11-24-15)9-10-21-14-6-7-16-17(12-14)23-13-22-16/h3,5-7,11-12H,2,4,8-10,13H2,1H3. The smallest absolute Gasteiger partial charge is 0.231 e. The summed E-state index contributed by atoms with van der Waals surface area (Å²) in [6, 6.07) is 9.40. The van der Waals surface area contributed by atoms with Crippen molar-refractivity contribution in [2.75, 3.05) is 32.7 Å². The molecule has 0 saturated heterocycles. The highest BCUT2D eigenvalue weighted by molar-refractivity contribution is 7.88. The molecule has 1 aromatic carbocycles. The van der Waals surface area contributed by atoms with Crippen molar-refractivity contribution in [2.45, 2.75) is 12.8 Å². The van der Waals surface area contributed by atoms with Gasteiger partial charge in [-0.3, -0.25) is 0 Å². The Balaban J connectivity index is 1.48. The van der Waals surface area contributed by atoms with Crippen LogP contribution in [0.25, 0.3) is 0 Å². The van der Waals surface area contributed by atoms with E-state index in [2.05, 4.69) is 6.07 Å². The second-order valence-electron chi connectivity index (χ2n) is 5.71.